The Labute approximate surface area is 72.5 Å². The maximum absolute atomic E-state index is 3.35. The van der Waals surface area contributed by atoms with Crippen LogP contribution in [0.1, 0.15) is 0 Å². The molecule has 0 bridgehead atoms. The van der Waals surface area contributed by atoms with E-state index in [0.717, 1.165) is 0 Å². The summed E-state index contributed by atoms with van der Waals surface area (Å²) in [6.45, 7) is 0. The molecule has 1 N–H and O–H groups in total. The van der Waals surface area contributed by atoms with Crippen LogP contribution in [0.5, 0.6) is 0 Å². The van der Waals surface area contributed by atoms with Gasteiger partial charge in [0.1, 0.15) is 0 Å². The van der Waals surface area contributed by atoms with Gasteiger partial charge in [0.05, 0.1) is 0 Å². The Hall–Kier alpha value is -0.441. The molecule has 0 fully saturated rings. The second-order valence-electron chi connectivity index (χ2n) is 2.54. The summed E-state index contributed by atoms with van der Waals surface area (Å²) in [4.78, 5) is 3.35. The Kier molecular flexibility index (Phi) is 1.45. The fourth-order valence-corrected chi connectivity index (χ4v) is 2.87. The number of aromatic amines is 1. The zero-order chi connectivity index (χ0) is 6.97. The first-order valence-electron chi connectivity index (χ1n) is 3.40. The minimum atomic E-state index is 0.614. The van der Waals surface area contributed by atoms with Crippen molar-refractivity contribution in [2.24, 2.45) is 0 Å². The van der Waals surface area contributed by atoms with E-state index in [9.17, 15) is 0 Å². The van der Waals surface area contributed by atoms with Gasteiger partial charge in [-0.15, -0.1) is 0 Å². The molecule has 0 saturated heterocycles. The van der Waals surface area contributed by atoms with Gasteiger partial charge in [0.25, 0.3) is 0 Å². The van der Waals surface area contributed by atoms with Gasteiger partial charge in [-0.05, 0) is 0 Å². The molecular weight excluding hydrogens is 229 g/mol. The van der Waals surface area contributed by atoms with E-state index in [1.165, 1.54) is 14.6 Å². The number of hydrogen-bond donors (Lipinski definition) is 1. The van der Waals surface area contributed by atoms with E-state index in [2.05, 4.69) is 35.3 Å². The maximum atomic E-state index is 3.35. The predicted octanol–water partition coefficient (Wildman–Crippen LogP) is 0.159. The van der Waals surface area contributed by atoms with E-state index in [0.29, 0.717) is 22.5 Å². The summed E-state index contributed by atoms with van der Waals surface area (Å²) in [5, 5.41) is 1.34. The van der Waals surface area contributed by atoms with E-state index >= 15 is 0 Å². The normalized spacial score (nSPS) is 10.8. The molecule has 0 spiro atoms. The second kappa shape index (κ2) is 2.31. The van der Waals surface area contributed by atoms with Crippen molar-refractivity contribution in [1.82, 2.24) is 4.98 Å². The molecule has 50 valence electrons. The van der Waals surface area contributed by atoms with E-state index in [1.807, 2.05) is 0 Å². The molecule has 0 aliphatic heterocycles. The zero-order valence-corrected chi connectivity index (χ0v) is 11.6. The number of benzene rings is 1. The molecule has 0 saturated carbocycles. The Morgan fingerprint density at radius 1 is 1.20 bits per heavy atom. The molecule has 0 radical (unpaired) electrons. The van der Waals surface area contributed by atoms with Crippen molar-refractivity contribution in [2.45, 2.75) is 0 Å². The molecule has 10 heavy (non-hydrogen) atoms. The van der Waals surface area contributed by atoms with E-state index in [-0.39, 0.29) is 0 Å². The molecule has 1 heterocycles. The molecule has 1 nitrogen and oxygen atoms in total. The number of aromatic nitrogens is 1. The first kappa shape index (κ1) is 6.28. The minimum absolute atomic E-state index is 0.614. The van der Waals surface area contributed by atoms with Gasteiger partial charge in [-0.25, -0.2) is 0 Å². The summed E-state index contributed by atoms with van der Waals surface area (Å²) < 4.78 is 1.43. The van der Waals surface area contributed by atoms with Gasteiger partial charge in [0.15, 0.2) is 0 Å². The van der Waals surface area contributed by atoms with Crippen molar-refractivity contribution < 1.29 is 0 Å². The van der Waals surface area contributed by atoms with Crippen LogP contribution in [-0.4, -0.2) is 27.5 Å². The Bertz CT molecular complexity index is 318. The van der Waals surface area contributed by atoms with Crippen LogP contribution in [0.4, 0.5) is 0 Å². The fraction of sp³-hybridized carbons (Fsp3) is 0. The monoisotopic (exact) mass is 239 g/mol. The van der Waals surface area contributed by atoms with Crippen molar-refractivity contribution >= 4 is 37.1 Å². The number of rotatable bonds is 0. The fourth-order valence-electron chi connectivity index (χ4n) is 1.22. The van der Waals surface area contributed by atoms with Crippen LogP contribution in [0.15, 0.2) is 30.3 Å². The number of para-hydroxylation sites is 1. The molecule has 2 heteroatoms. The van der Waals surface area contributed by atoms with Gasteiger partial charge in [-0.3, -0.25) is 0 Å². The number of hydrogen-bond acceptors (Lipinski definition) is 0. The van der Waals surface area contributed by atoms with Crippen LogP contribution in [0.25, 0.3) is 10.9 Å². The SMILES string of the molecule is [SnH3][c]1cc2ccccc2[nH]1. The molecular formula is C8H9NSn. The van der Waals surface area contributed by atoms with Gasteiger partial charge in [-0.2, -0.15) is 0 Å². The number of nitrogens with one attached hydrogen (secondary N) is 1. The van der Waals surface area contributed by atoms with Gasteiger partial charge in [0, 0.05) is 0 Å². The molecule has 1 aromatic carbocycles. The first-order chi connectivity index (χ1) is 4.86. The van der Waals surface area contributed by atoms with Crippen LogP contribution < -0.4 is 3.71 Å². The third-order valence-electron chi connectivity index (χ3n) is 1.66. The molecule has 0 atom stereocenters. The Balaban J connectivity index is 2.88. The molecule has 0 amide bonds. The number of H-pyrrole nitrogens is 1. The molecule has 1 aromatic heterocycles. The molecule has 0 aliphatic rings. The Morgan fingerprint density at radius 2 is 2.00 bits per heavy atom. The van der Waals surface area contributed by atoms with Crippen LogP contribution >= 0.6 is 0 Å². The first-order valence-corrected chi connectivity index (χ1v) is 6.26. The quantitative estimate of drug-likeness (QED) is 0.629. The molecule has 0 unspecified atom stereocenters. The van der Waals surface area contributed by atoms with E-state index < -0.39 is 0 Å². The Morgan fingerprint density at radius 3 is 2.80 bits per heavy atom. The van der Waals surface area contributed by atoms with Crippen molar-refractivity contribution in [3.8, 4) is 0 Å². The van der Waals surface area contributed by atoms with Crippen molar-refractivity contribution in [1.29, 1.82) is 0 Å². The number of fused-ring (bicyclic) bond motifs is 1. The molecule has 0 aliphatic carbocycles. The zero-order valence-electron chi connectivity index (χ0n) is 5.89. The van der Waals surface area contributed by atoms with E-state index in [1.54, 1.807) is 0 Å². The summed E-state index contributed by atoms with van der Waals surface area (Å²) in [6, 6.07) is 10.6. The molecule has 2 aromatic rings. The summed E-state index contributed by atoms with van der Waals surface area (Å²) in [5.74, 6) is 0. The standard InChI is InChI=1S/C8H6N.Sn.3H/c1-2-4-8-7(3-1)5-6-9-8;;;;/h1-5,9H;;;;. The topological polar surface area (TPSA) is 15.8 Å². The van der Waals surface area contributed by atoms with Crippen LogP contribution in [-0.2, 0) is 0 Å². The summed E-state index contributed by atoms with van der Waals surface area (Å²) >= 11 is 0.614. The third-order valence-corrected chi connectivity index (χ3v) is 3.20. The average Bonchev–Trinajstić information content (AvgIpc) is 2.27. The van der Waals surface area contributed by atoms with Crippen LogP contribution in [0, 0.1) is 0 Å². The van der Waals surface area contributed by atoms with Crippen LogP contribution in [0.3, 0.4) is 0 Å². The van der Waals surface area contributed by atoms with Gasteiger partial charge >= 0.3 is 72.5 Å². The van der Waals surface area contributed by atoms with Crippen molar-refractivity contribution in [3.05, 3.63) is 30.3 Å². The summed E-state index contributed by atoms with van der Waals surface area (Å²) in [5.41, 5.74) is 1.27. The van der Waals surface area contributed by atoms with Crippen LogP contribution in [0.2, 0.25) is 0 Å². The molecule has 2 rings (SSSR count). The van der Waals surface area contributed by atoms with E-state index in [4.69, 9.17) is 0 Å². The second-order valence-corrected chi connectivity index (χ2v) is 5.61. The van der Waals surface area contributed by atoms with Gasteiger partial charge < -0.3 is 0 Å². The summed E-state index contributed by atoms with van der Waals surface area (Å²) in [7, 11) is 0. The third kappa shape index (κ3) is 0.944. The average molecular weight is 238 g/mol. The van der Waals surface area contributed by atoms with Crippen molar-refractivity contribution in [2.75, 3.05) is 0 Å². The van der Waals surface area contributed by atoms with Crippen molar-refractivity contribution in [3.63, 3.8) is 0 Å². The summed E-state index contributed by atoms with van der Waals surface area (Å²) in [6.07, 6.45) is 0. The predicted molar refractivity (Wildman–Crippen MR) is 47.9 cm³/mol. The van der Waals surface area contributed by atoms with Gasteiger partial charge in [0.2, 0.25) is 0 Å². The van der Waals surface area contributed by atoms with Gasteiger partial charge in [-0.1, -0.05) is 0 Å².